The molecule has 1 saturated heterocycles. The molecule has 3 heterocycles. The van der Waals surface area contributed by atoms with Gasteiger partial charge in [-0.2, -0.15) is 0 Å². The topological polar surface area (TPSA) is 69.6 Å². The lowest BCUT2D eigenvalue weighted by Crippen LogP contribution is -2.47. The second kappa shape index (κ2) is 5.78. The van der Waals surface area contributed by atoms with Gasteiger partial charge in [0.15, 0.2) is 0 Å². The van der Waals surface area contributed by atoms with E-state index in [9.17, 15) is 4.79 Å². The third kappa shape index (κ3) is 2.94. The summed E-state index contributed by atoms with van der Waals surface area (Å²) in [6.07, 6.45) is 3.34. The van der Waals surface area contributed by atoms with Crippen LogP contribution in [0.25, 0.3) is 0 Å². The first-order valence-electron chi connectivity index (χ1n) is 6.84. The molecule has 21 heavy (non-hydrogen) atoms. The lowest BCUT2D eigenvalue weighted by molar-refractivity contribution is 0.0697. The van der Waals surface area contributed by atoms with Gasteiger partial charge in [-0.15, -0.1) is 0 Å². The molecule has 108 valence electrons. The van der Waals surface area contributed by atoms with E-state index in [0.717, 1.165) is 37.8 Å². The summed E-state index contributed by atoms with van der Waals surface area (Å²) in [6.45, 7) is 3.28. The maximum Gasteiger partial charge on any atom is 0.335 e. The second-order valence-electron chi connectivity index (χ2n) is 4.87. The van der Waals surface area contributed by atoms with Crippen molar-refractivity contribution < 1.29 is 9.90 Å². The number of anilines is 2. The molecule has 0 atom stereocenters. The third-order valence-corrected chi connectivity index (χ3v) is 3.57. The molecule has 2 aromatic rings. The van der Waals surface area contributed by atoms with Gasteiger partial charge in [-0.25, -0.2) is 14.8 Å². The highest BCUT2D eigenvalue weighted by Gasteiger charge is 2.19. The van der Waals surface area contributed by atoms with Crippen molar-refractivity contribution >= 4 is 17.6 Å². The Hall–Kier alpha value is -2.63. The van der Waals surface area contributed by atoms with Gasteiger partial charge in [-0.1, -0.05) is 6.07 Å². The molecule has 3 rings (SSSR count). The van der Waals surface area contributed by atoms with Crippen LogP contribution in [0.15, 0.2) is 42.7 Å². The molecule has 2 aromatic heterocycles. The minimum atomic E-state index is -0.925. The highest BCUT2D eigenvalue weighted by atomic mass is 16.4. The number of aromatic carboxylic acids is 1. The Labute approximate surface area is 122 Å². The first-order valence-corrected chi connectivity index (χ1v) is 6.84. The Morgan fingerprint density at radius 2 is 1.62 bits per heavy atom. The number of rotatable bonds is 3. The lowest BCUT2D eigenvalue weighted by atomic mass is 10.2. The van der Waals surface area contributed by atoms with E-state index in [0.29, 0.717) is 0 Å². The predicted octanol–water partition coefficient (Wildman–Crippen LogP) is 1.50. The van der Waals surface area contributed by atoms with Gasteiger partial charge in [0.25, 0.3) is 0 Å². The van der Waals surface area contributed by atoms with E-state index in [-0.39, 0.29) is 5.56 Å². The number of carbonyl (C=O) groups is 1. The average Bonchev–Trinajstić information content (AvgIpc) is 2.56. The Bertz CT molecular complexity index is 625. The summed E-state index contributed by atoms with van der Waals surface area (Å²) < 4.78 is 0. The van der Waals surface area contributed by atoms with E-state index in [1.54, 1.807) is 18.5 Å². The molecule has 1 aliphatic rings. The molecule has 0 spiro atoms. The summed E-state index contributed by atoms with van der Waals surface area (Å²) in [4.78, 5) is 24.0. The Morgan fingerprint density at radius 3 is 2.24 bits per heavy atom. The number of carboxylic acids is 1. The largest absolute Gasteiger partial charge is 0.478 e. The third-order valence-electron chi connectivity index (χ3n) is 3.57. The number of nitrogens with zero attached hydrogens (tertiary/aromatic N) is 4. The van der Waals surface area contributed by atoms with Crippen LogP contribution >= 0.6 is 0 Å². The first-order chi connectivity index (χ1) is 10.2. The van der Waals surface area contributed by atoms with E-state index in [4.69, 9.17) is 5.11 Å². The molecule has 6 heteroatoms. The number of aromatic nitrogens is 2. The van der Waals surface area contributed by atoms with Crippen molar-refractivity contribution in [3.05, 3.63) is 48.3 Å². The highest BCUT2D eigenvalue weighted by molar-refractivity contribution is 5.88. The van der Waals surface area contributed by atoms with E-state index in [1.165, 1.54) is 6.07 Å². The van der Waals surface area contributed by atoms with Crippen molar-refractivity contribution in [1.29, 1.82) is 0 Å². The normalized spacial score (nSPS) is 15.0. The Morgan fingerprint density at radius 1 is 0.952 bits per heavy atom. The van der Waals surface area contributed by atoms with Gasteiger partial charge in [-0.05, 0) is 24.3 Å². The van der Waals surface area contributed by atoms with Crippen LogP contribution in [0.3, 0.4) is 0 Å². The van der Waals surface area contributed by atoms with Crippen LogP contribution in [-0.4, -0.2) is 47.2 Å². The summed E-state index contributed by atoms with van der Waals surface area (Å²) in [5.41, 5.74) is 0.271. The number of pyridine rings is 2. The van der Waals surface area contributed by atoms with Crippen molar-refractivity contribution in [1.82, 2.24) is 9.97 Å². The molecule has 6 nitrogen and oxygen atoms in total. The monoisotopic (exact) mass is 284 g/mol. The summed E-state index contributed by atoms with van der Waals surface area (Å²) in [7, 11) is 0. The highest BCUT2D eigenvalue weighted by Crippen LogP contribution is 2.18. The maximum absolute atomic E-state index is 11.0. The van der Waals surface area contributed by atoms with Gasteiger partial charge in [0, 0.05) is 38.6 Å². The van der Waals surface area contributed by atoms with Gasteiger partial charge in [-0.3, -0.25) is 0 Å². The molecule has 0 radical (unpaired) electrons. The van der Waals surface area contributed by atoms with Crippen molar-refractivity contribution in [3.8, 4) is 0 Å². The molecular formula is C15H16N4O2. The van der Waals surface area contributed by atoms with E-state index >= 15 is 0 Å². The minimum absolute atomic E-state index is 0.271. The number of hydrogen-bond donors (Lipinski definition) is 1. The Kier molecular flexibility index (Phi) is 3.68. The molecule has 0 unspecified atom stereocenters. The zero-order valence-corrected chi connectivity index (χ0v) is 11.5. The predicted molar refractivity (Wildman–Crippen MR) is 79.9 cm³/mol. The first kappa shape index (κ1) is 13.4. The van der Waals surface area contributed by atoms with E-state index in [2.05, 4.69) is 19.8 Å². The van der Waals surface area contributed by atoms with Crippen LogP contribution in [0.2, 0.25) is 0 Å². The summed E-state index contributed by atoms with van der Waals surface area (Å²) in [5, 5.41) is 9.04. The van der Waals surface area contributed by atoms with Crippen molar-refractivity contribution in [3.63, 3.8) is 0 Å². The van der Waals surface area contributed by atoms with E-state index < -0.39 is 5.97 Å². The van der Waals surface area contributed by atoms with Gasteiger partial charge in [0.2, 0.25) is 0 Å². The molecule has 0 amide bonds. The summed E-state index contributed by atoms with van der Waals surface area (Å²) in [6, 6.07) is 9.02. The maximum atomic E-state index is 11.0. The van der Waals surface area contributed by atoms with Gasteiger partial charge >= 0.3 is 5.97 Å². The van der Waals surface area contributed by atoms with Gasteiger partial charge in [0.1, 0.15) is 11.6 Å². The van der Waals surface area contributed by atoms with Crippen LogP contribution in [0, 0.1) is 0 Å². The molecule has 1 aliphatic heterocycles. The second-order valence-corrected chi connectivity index (χ2v) is 4.87. The summed E-state index contributed by atoms with van der Waals surface area (Å²) >= 11 is 0. The smallest absolute Gasteiger partial charge is 0.335 e. The van der Waals surface area contributed by atoms with Crippen molar-refractivity contribution in [2.75, 3.05) is 36.0 Å². The number of hydrogen-bond acceptors (Lipinski definition) is 5. The fourth-order valence-corrected chi connectivity index (χ4v) is 2.43. The van der Waals surface area contributed by atoms with Gasteiger partial charge < -0.3 is 14.9 Å². The Balaban J connectivity index is 1.68. The van der Waals surface area contributed by atoms with Crippen molar-refractivity contribution in [2.45, 2.75) is 0 Å². The zero-order valence-electron chi connectivity index (χ0n) is 11.5. The molecule has 1 fully saturated rings. The minimum Gasteiger partial charge on any atom is -0.478 e. The number of carboxylic acid groups (broad SMARTS) is 1. The fourth-order valence-electron chi connectivity index (χ4n) is 2.43. The zero-order chi connectivity index (χ0) is 14.7. The van der Waals surface area contributed by atoms with Crippen LogP contribution in [0.4, 0.5) is 11.6 Å². The fraction of sp³-hybridized carbons (Fsp3) is 0.267. The van der Waals surface area contributed by atoms with E-state index in [1.807, 2.05) is 18.2 Å². The lowest BCUT2D eigenvalue weighted by Gasteiger charge is -2.36. The molecule has 0 aliphatic carbocycles. The molecule has 0 saturated carbocycles. The summed E-state index contributed by atoms with van der Waals surface area (Å²) in [5.74, 6) is 0.769. The molecule has 0 bridgehead atoms. The molecule has 1 N–H and O–H groups in total. The van der Waals surface area contributed by atoms with Crippen LogP contribution < -0.4 is 9.80 Å². The van der Waals surface area contributed by atoms with Crippen LogP contribution in [-0.2, 0) is 0 Å². The van der Waals surface area contributed by atoms with Crippen LogP contribution in [0.5, 0.6) is 0 Å². The molecule has 0 aromatic carbocycles. The van der Waals surface area contributed by atoms with Crippen molar-refractivity contribution in [2.24, 2.45) is 0 Å². The van der Waals surface area contributed by atoms with Crippen LogP contribution in [0.1, 0.15) is 10.4 Å². The van der Waals surface area contributed by atoms with Gasteiger partial charge in [0.05, 0.1) is 5.56 Å². The number of piperazine rings is 1. The average molecular weight is 284 g/mol. The SMILES string of the molecule is O=C(O)c1ccnc(N2CCN(c3ccccn3)CC2)c1. The quantitative estimate of drug-likeness (QED) is 0.921. The standard InChI is InChI=1S/C15H16N4O2/c20-15(21)12-4-6-17-14(11-12)19-9-7-18(8-10-19)13-3-1-2-5-16-13/h1-6,11H,7-10H2,(H,20,21). The molecular weight excluding hydrogens is 268 g/mol.